The summed E-state index contributed by atoms with van der Waals surface area (Å²) >= 11 is 0. The number of rotatable bonds is 2. The lowest BCUT2D eigenvalue weighted by Crippen LogP contribution is -2.39. The Bertz CT molecular complexity index is 224. The second kappa shape index (κ2) is 4.36. The van der Waals surface area contributed by atoms with E-state index in [9.17, 15) is 5.11 Å². The van der Waals surface area contributed by atoms with Crippen LogP contribution in [-0.4, -0.2) is 10.7 Å². The molecule has 0 aliphatic rings. The summed E-state index contributed by atoms with van der Waals surface area (Å²) in [6.07, 6.45) is 0. The van der Waals surface area contributed by atoms with E-state index in [1.165, 1.54) is 0 Å². The standard InChI is InChI=1S/C13H24O/c1-10(2)13(14,11(3)4)9-8-12(5,6)7/h10-11,14H,1-7H3. The summed E-state index contributed by atoms with van der Waals surface area (Å²) in [4.78, 5) is 0. The molecule has 0 fully saturated rings. The molecule has 0 atom stereocenters. The lowest BCUT2D eigenvalue weighted by molar-refractivity contribution is 0.00901. The average Bonchev–Trinajstić information content (AvgIpc) is 1.97. The maximum Gasteiger partial charge on any atom is 0.130 e. The average molecular weight is 196 g/mol. The van der Waals surface area contributed by atoms with Gasteiger partial charge in [0.15, 0.2) is 0 Å². The van der Waals surface area contributed by atoms with Crippen molar-refractivity contribution in [2.45, 2.75) is 54.1 Å². The molecule has 0 saturated heterocycles. The van der Waals surface area contributed by atoms with Crippen LogP contribution in [-0.2, 0) is 0 Å². The first-order valence-electron chi connectivity index (χ1n) is 5.36. The van der Waals surface area contributed by atoms with E-state index < -0.39 is 5.60 Å². The van der Waals surface area contributed by atoms with Crippen LogP contribution in [0.5, 0.6) is 0 Å². The van der Waals surface area contributed by atoms with E-state index in [1.807, 2.05) is 27.7 Å². The highest BCUT2D eigenvalue weighted by molar-refractivity contribution is 5.19. The zero-order valence-corrected chi connectivity index (χ0v) is 10.6. The lowest BCUT2D eigenvalue weighted by Gasteiger charge is -2.31. The minimum absolute atomic E-state index is 0.0439. The molecule has 0 aromatic heterocycles. The minimum Gasteiger partial charge on any atom is -0.377 e. The quantitative estimate of drug-likeness (QED) is 0.673. The molecule has 82 valence electrons. The van der Waals surface area contributed by atoms with E-state index in [1.54, 1.807) is 0 Å². The fraction of sp³-hybridized carbons (Fsp3) is 0.846. The third kappa shape index (κ3) is 3.72. The van der Waals surface area contributed by atoms with Gasteiger partial charge in [-0.05, 0) is 32.6 Å². The van der Waals surface area contributed by atoms with Crippen LogP contribution in [0.25, 0.3) is 0 Å². The molecule has 0 radical (unpaired) electrons. The van der Waals surface area contributed by atoms with E-state index in [0.29, 0.717) is 0 Å². The van der Waals surface area contributed by atoms with Gasteiger partial charge in [0.1, 0.15) is 5.60 Å². The van der Waals surface area contributed by atoms with E-state index in [4.69, 9.17) is 0 Å². The Balaban J connectivity index is 4.95. The van der Waals surface area contributed by atoms with Crippen molar-refractivity contribution in [1.29, 1.82) is 0 Å². The fourth-order valence-electron chi connectivity index (χ4n) is 1.24. The molecular weight excluding hydrogens is 172 g/mol. The highest BCUT2D eigenvalue weighted by atomic mass is 16.3. The maximum atomic E-state index is 10.4. The summed E-state index contributed by atoms with van der Waals surface area (Å²) in [5.41, 5.74) is -0.898. The monoisotopic (exact) mass is 196 g/mol. The van der Waals surface area contributed by atoms with Gasteiger partial charge in [-0.1, -0.05) is 39.5 Å². The van der Waals surface area contributed by atoms with Gasteiger partial charge < -0.3 is 5.11 Å². The largest absolute Gasteiger partial charge is 0.377 e. The molecule has 1 heteroatoms. The van der Waals surface area contributed by atoms with Gasteiger partial charge in [0.2, 0.25) is 0 Å². The molecule has 0 heterocycles. The van der Waals surface area contributed by atoms with Crippen LogP contribution < -0.4 is 0 Å². The van der Waals surface area contributed by atoms with Crippen molar-refractivity contribution < 1.29 is 5.11 Å². The lowest BCUT2D eigenvalue weighted by atomic mass is 9.80. The predicted molar refractivity (Wildman–Crippen MR) is 61.9 cm³/mol. The van der Waals surface area contributed by atoms with Crippen molar-refractivity contribution in [3.8, 4) is 11.8 Å². The number of hydrogen-bond acceptors (Lipinski definition) is 1. The molecule has 14 heavy (non-hydrogen) atoms. The molecule has 0 aliphatic carbocycles. The Kier molecular flexibility index (Phi) is 4.21. The molecule has 1 N–H and O–H groups in total. The zero-order chi connectivity index (χ0) is 11.6. The fourth-order valence-corrected chi connectivity index (χ4v) is 1.24. The van der Waals surface area contributed by atoms with Crippen LogP contribution in [0.4, 0.5) is 0 Å². The number of aliphatic hydroxyl groups is 1. The van der Waals surface area contributed by atoms with Crippen molar-refractivity contribution in [1.82, 2.24) is 0 Å². The Morgan fingerprint density at radius 2 is 1.21 bits per heavy atom. The Labute approximate surface area is 88.9 Å². The Morgan fingerprint density at radius 1 is 0.857 bits per heavy atom. The predicted octanol–water partition coefficient (Wildman–Crippen LogP) is 3.08. The van der Waals surface area contributed by atoms with E-state index in [2.05, 4.69) is 32.6 Å². The SMILES string of the molecule is CC(C)C(O)(C#CC(C)(C)C)C(C)C. The van der Waals surface area contributed by atoms with Crippen molar-refractivity contribution in [3.05, 3.63) is 0 Å². The smallest absolute Gasteiger partial charge is 0.130 e. The second-order valence-electron chi connectivity index (χ2n) is 5.63. The molecule has 0 saturated carbocycles. The summed E-state index contributed by atoms with van der Waals surface area (Å²) in [5.74, 6) is 6.49. The molecule has 0 aliphatic heterocycles. The van der Waals surface area contributed by atoms with Crippen LogP contribution in [0.3, 0.4) is 0 Å². The van der Waals surface area contributed by atoms with E-state index in [-0.39, 0.29) is 17.3 Å². The molecule has 0 aromatic carbocycles. The van der Waals surface area contributed by atoms with Gasteiger partial charge in [-0.3, -0.25) is 0 Å². The van der Waals surface area contributed by atoms with Gasteiger partial charge in [0.05, 0.1) is 0 Å². The van der Waals surface area contributed by atoms with Gasteiger partial charge in [-0.25, -0.2) is 0 Å². The van der Waals surface area contributed by atoms with Gasteiger partial charge in [-0.2, -0.15) is 0 Å². The van der Waals surface area contributed by atoms with E-state index in [0.717, 1.165) is 0 Å². The van der Waals surface area contributed by atoms with Crippen molar-refractivity contribution in [3.63, 3.8) is 0 Å². The Morgan fingerprint density at radius 3 is 1.43 bits per heavy atom. The topological polar surface area (TPSA) is 20.2 Å². The number of hydrogen-bond donors (Lipinski definition) is 1. The van der Waals surface area contributed by atoms with Gasteiger partial charge in [-0.15, -0.1) is 0 Å². The molecular formula is C13H24O. The third-order valence-corrected chi connectivity index (χ3v) is 2.40. The third-order valence-electron chi connectivity index (χ3n) is 2.40. The Hall–Kier alpha value is -0.480. The van der Waals surface area contributed by atoms with Gasteiger partial charge in [0, 0.05) is 5.41 Å². The molecule has 0 rings (SSSR count). The van der Waals surface area contributed by atoms with Crippen LogP contribution in [0.15, 0.2) is 0 Å². The molecule has 1 nitrogen and oxygen atoms in total. The highest BCUT2D eigenvalue weighted by Crippen LogP contribution is 2.26. The second-order valence-corrected chi connectivity index (χ2v) is 5.63. The van der Waals surface area contributed by atoms with Crippen LogP contribution in [0.1, 0.15) is 48.5 Å². The summed E-state index contributed by atoms with van der Waals surface area (Å²) in [7, 11) is 0. The first-order chi connectivity index (χ1) is 6.09. The zero-order valence-electron chi connectivity index (χ0n) is 10.6. The summed E-state index contributed by atoms with van der Waals surface area (Å²) in [5, 5.41) is 10.4. The maximum absolute atomic E-state index is 10.4. The normalized spacial score (nSPS) is 13.0. The van der Waals surface area contributed by atoms with Crippen LogP contribution in [0, 0.1) is 29.1 Å². The van der Waals surface area contributed by atoms with Crippen molar-refractivity contribution >= 4 is 0 Å². The van der Waals surface area contributed by atoms with Crippen LogP contribution in [0.2, 0.25) is 0 Å². The highest BCUT2D eigenvalue weighted by Gasteiger charge is 2.32. The van der Waals surface area contributed by atoms with E-state index >= 15 is 0 Å². The summed E-state index contributed by atoms with van der Waals surface area (Å²) in [6, 6.07) is 0. The first-order valence-corrected chi connectivity index (χ1v) is 5.36. The first kappa shape index (κ1) is 13.5. The van der Waals surface area contributed by atoms with Gasteiger partial charge in [0.25, 0.3) is 0 Å². The van der Waals surface area contributed by atoms with Crippen molar-refractivity contribution in [2.24, 2.45) is 17.3 Å². The van der Waals surface area contributed by atoms with Gasteiger partial charge >= 0.3 is 0 Å². The summed E-state index contributed by atoms with van der Waals surface area (Å²) in [6.45, 7) is 14.2. The molecule has 0 aromatic rings. The molecule has 0 bridgehead atoms. The summed E-state index contributed by atoms with van der Waals surface area (Å²) < 4.78 is 0. The molecule has 0 spiro atoms. The van der Waals surface area contributed by atoms with Crippen molar-refractivity contribution in [2.75, 3.05) is 0 Å². The molecule has 0 amide bonds. The minimum atomic E-state index is -0.854. The molecule has 0 unspecified atom stereocenters. The van der Waals surface area contributed by atoms with Crippen LogP contribution >= 0.6 is 0 Å².